The summed E-state index contributed by atoms with van der Waals surface area (Å²) < 4.78 is 0. The van der Waals surface area contributed by atoms with Crippen molar-refractivity contribution < 1.29 is 9.90 Å². The summed E-state index contributed by atoms with van der Waals surface area (Å²) in [4.78, 5) is 16.5. The summed E-state index contributed by atoms with van der Waals surface area (Å²) in [5, 5.41) is 14.6. The van der Waals surface area contributed by atoms with Crippen LogP contribution in [0.15, 0.2) is 29.6 Å². The highest BCUT2D eigenvalue weighted by Crippen LogP contribution is 2.24. The van der Waals surface area contributed by atoms with E-state index in [0.29, 0.717) is 12.0 Å². The minimum absolute atomic E-state index is 0.0433. The first-order chi connectivity index (χ1) is 9.60. The highest BCUT2D eigenvalue weighted by Gasteiger charge is 2.11. The van der Waals surface area contributed by atoms with Crippen LogP contribution in [0.4, 0.5) is 0 Å². The van der Waals surface area contributed by atoms with E-state index in [1.165, 1.54) is 0 Å². The predicted molar refractivity (Wildman–Crippen MR) is 80.9 cm³/mol. The monoisotopic (exact) mass is 290 g/mol. The fourth-order valence-electron chi connectivity index (χ4n) is 1.85. The lowest BCUT2D eigenvalue weighted by atomic mass is 10.1. The van der Waals surface area contributed by atoms with E-state index >= 15 is 0 Å². The Hall–Kier alpha value is -1.72. The second kappa shape index (κ2) is 6.63. The maximum absolute atomic E-state index is 12.1. The summed E-state index contributed by atoms with van der Waals surface area (Å²) in [6.07, 6.45) is 0.553. The van der Waals surface area contributed by atoms with Crippen molar-refractivity contribution in [1.29, 1.82) is 0 Å². The van der Waals surface area contributed by atoms with Crippen molar-refractivity contribution in [2.24, 2.45) is 0 Å². The van der Waals surface area contributed by atoms with E-state index in [2.05, 4.69) is 10.3 Å². The van der Waals surface area contributed by atoms with Gasteiger partial charge in [-0.15, -0.1) is 11.3 Å². The second-order valence-corrected chi connectivity index (χ2v) is 5.62. The van der Waals surface area contributed by atoms with Crippen LogP contribution in [0.5, 0.6) is 0 Å². The number of carbonyl (C=O) groups is 1. The molecule has 1 atom stereocenters. The number of benzene rings is 1. The lowest BCUT2D eigenvalue weighted by molar-refractivity contribution is 0.0934. The summed E-state index contributed by atoms with van der Waals surface area (Å²) in [7, 11) is 0. The zero-order valence-corrected chi connectivity index (χ0v) is 12.4. The molecular formula is C15H18N2O2S. The molecule has 2 aromatic rings. The van der Waals surface area contributed by atoms with Crippen LogP contribution in [0.3, 0.4) is 0 Å². The van der Waals surface area contributed by atoms with Gasteiger partial charge in [-0.2, -0.15) is 0 Å². The van der Waals surface area contributed by atoms with Crippen LogP contribution < -0.4 is 5.32 Å². The molecule has 0 spiro atoms. The van der Waals surface area contributed by atoms with Gasteiger partial charge in [0.2, 0.25) is 0 Å². The molecule has 0 aliphatic rings. The van der Waals surface area contributed by atoms with Gasteiger partial charge in [-0.1, -0.05) is 12.1 Å². The number of carbonyl (C=O) groups excluding carboxylic acids is 1. The van der Waals surface area contributed by atoms with Gasteiger partial charge in [0.25, 0.3) is 5.91 Å². The third-order valence-corrected chi connectivity index (χ3v) is 3.94. The van der Waals surface area contributed by atoms with E-state index in [1.807, 2.05) is 37.4 Å². The number of aliphatic hydroxyl groups is 1. The minimum atomic E-state index is -0.124. The molecular weight excluding hydrogens is 272 g/mol. The molecule has 1 aromatic heterocycles. The third kappa shape index (κ3) is 3.65. The van der Waals surface area contributed by atoms with Gasteiger partial charge < -0.3 is 10.4 Å². The van der Waals surface area contributed by atoms with Crippen LogP contribution in [0.2, 0.25) is 0 Å². The van der Waals surface area contributed by atoms with Gasteiger partial charge >= 0.3 is 0 Å². The normalized spacial score (nSPS) is 12.2. The molecule has 0 saturated heterocycles. The van der Waals surface area contributed by atoms with Crippen molar-refractivity contribution in [3.05, 3.63) is 40.9 Å². The highest BCUT2D eigenvalue weighted by atomic mass is 32.1. The summed E-state index contributed by atoms with van der Waals surface area (Å²) >= 11 is 1.57. The van der Waals surface area contributed by atoms with Crippen molar-refractivity contribution in [2.45, 2.75) is 26.3 Å². The van der Waals surface area contributed by atoms with Gasteiger partial charge in [-0.25, -0.2) is 4.98 Å². The molecule has 1 aromatic carbocycles. The Kier molecular flexibility index (Phi) is 4.87. The number of rotatable bonds is 5. The smallest absolute Gasteiger partial charge is 0.251 e. The Bertz CT molecular complexity index is 595. The van der Waals surface area contributed by atoms with Crippen molar-refractivity contribution in [3.8, 4) is 10.6 Å². The summed E-state index contributed by atoms with van der Waals surface area (Å²) in [6, 6.07) is 7.40. The van der Waals surface area contributed by atoms with Gasteiger partial charge in [-0.05, 0) is 32.4 Å². The summed E-state index contributed by atoms with van der Waals surface area (Å²) in [6.45, 7) is 3.90. The number of amides is 1. The molecule has 0 fully saturated rings. The number of nitrogens with zero attached hydrogens (tertiary/aromatic N) is 1. The molecule has 0 aliphatic heterocycles. The van der Waals surface area contributed by atoms with Crippen LogP contribution in [-0.4, -0.2) is 28.6 Å². The van der Waals surface area contributed by atoms with E-state index in [9.17, 15) is 4.79 Å². The van der Waals surface area contributed by atoms with E-state index in [0.717, 1.165) is 16.3 Å². The minimum Gasteiger partial charge on any atom is -0.396 e. The zero-order valence-electron chi connectivity index (χ0n) is 11.6. The van der Waals surface area contributed by atoms with Crippen LogP contribution >= 0.6 is 11.3 Å². The number of hydrogen-bond acceptors (Lipinski definition) is 4. The molecule has 5 heteroatoms. The Labute approximate surface area is 122 Å². The van der Waals surface area contributed by atoms with Crippen LogP contribution in [0.1, 0.15) is 29.4 Å². The van der Waals surface area contributed by atoms with Gasteiger partial charge in [0, 0.05) is 34.8 Å². The SMILES string of the molecule is Cc1csc(-c2cccc(C(=O)NC(C)CCO)c2)n1. The van der Waals surface area contributed by atoms with E-state index in [1.54, 1.807) is 17.4 Å². The standard InChI is InChI=1S/C15H18N2O2S/c1-10(6-7-18)16-14(19)12-4-3-5-13(8-12)15-17-11(2)9-20-15/h3-5,8-10,18H,6-7H2,1-2H3,(H,16,19). The maximum Gasteiger partial charge on any atom is 0.251 e. The highest BCUT2D eigenvalue weighted by molar-refractivity contribution is 7.13. The molecule has 1 unspecified atom stereocenters. The van der Waals surface area contributed by atoms with Crippen molar-refractivity contribution in [1.82, 2.24) is 10.3 Å². The molecule has 0 bridgehead atoms. The quantitative estimate of drug-likeness (QED) is 0.890. The number of aryl methyl sites for hydroxylation is 1. The molecule has 2 rings (SSSR count). The predicted octanol–water partition coefficient (Wildman–Crippen LogP) is 2.62. The average molecular weight is 290 g/mol. The molecule has 1 heterocycles. The lowest BCUT2D eigenvalue weighted by Crippen LogP contribution is -2.33. The van der Waals surface area contributed by atoms with Crippen LogP contribution in [-0.2, 0) is 0 Å². The fourth-order valence-corrected chi connectivity index (χ4v) is 2.65. The third-order valence-electron chi connectivity index (χ3n) is 2.93. The first-order valence-electron chi connectivity index (χ1n) is 6.54. The van der Waals surface area contributed by atoms with Gasteiger partial charge in [-0.3, -0.25) is 4.79 Å². The Balaban J connectivity index is 2.15. The molecule has 4 nitrogen and oxygen atoms in total. The van der Waals surface area contributed by atoms with Gasteiger partial charge in [0.15, 0.2) is 0 Å². The first kappa shape index (κ1) is 14.7. The van der Waals surface area contributed by atoms with Crippen molar-refractivity contribution in [3.63, 3.8) is 0 Å². The van der Waals surface area contributed by atoms with Crippen molar-refractivity contribution >= 4 is 17.2 Å². The lowest BCUT2D eigenvalue weighted by Gasteiger charge is -2.12. The number of nitrogens with one attached hydrogen (secondary N) is 1. The van der Waals surface area contributed by atoms with Crippen molar-refractivity contribution in [2.75, 3.05) is 6.61 Å². The maximum atomic E-state index is 12.1. The second-order valence-electron chi connectivity index (χ2n) is 4.76. The van der Waals surface area contributed by atoms with Crippen LogP contribution in [0.25, 0.3) is 10.6 Å². The Morgan fingerprint density at radius 3 is 2.95 bits per heavy atom. The number of hydrogen-bond donors (Lipinski definition) is 2. The molecule has 0 saturated carbocycles. The van der Waals surface area contributed by atoms with E-state index in [-0.39, 0.29) is 18.6 Å². The molecule has 0 aliphatic carbocycles. The largest absolute Gasteiger partial charge is 0.396 e. The molecule has 106 valence electrons. The zero-order chi connectivity index (χ0) is 14.5. The number of aromatic nitrogens is 1. The molecule has 0 radical (unpaired) electrons. The fraction of sp³-hybridized carbons (Fsp3) is 0.333. The van der Waals surface area contributed by atoms with Crippen LogP contribution in [0, 0.1) is 6.92 Å². The molecule has 1 amide bonds. The summed E-state index contributed by atoms with van der Waals surface area (Å²) in [5.41, 5.74) is 2.54. The van der Waals surface area contributed by atoms with E-state index in [4.69, 9.17) is 5.11 Å². The van der Waals surface area contributed by atoms with Gasteiger partial charge in [0.1, 0.15) is 5.01 Å². The number of thiazole rings is 1. The first-order valence-corrected chi connectivity index (χ1v) is 7.42. The van der Waals surface area contributed by atoms with E-state index < -0.39 is 0 Å². The Morgan fingerprint density at radius 1 is 1.50 bits per heavy atom. The number of aliphatic hydroxyl groups excluding tert-OH is 1. The average Bonchev–Trinajstić information content (AvgIpc) is 2.86. The summed E-state index contributed by atoms with van der Waals surface area (Å²) in [5.74, 6) is -0.124. The van der Waals surface area contributed by atoms with Gasteiger partial charge in [0.05, 0.1) is 0 Å². The Morgan fingerprint density at radius 2 is 2.30 bits per heavy atom. The topological polar surface area (TPSA) is 62.2 Å². The molecule has 20 heavy (non-hydrogen) atoms. The molecule has 2 N–H and O–H groups in total.